The first-order valence-corrected chi connectivity index (χ1v) is 10.8. The van der Waals surface area contributed by atoms with Gasteiger partial charge in [0, 0.05) is 16.3 Å². The summed E-state index contributed by atoms with van der Waals surface area (Å²) in [4.78, 5) is 27.5. The molecule has 0 aromatic heterocycles. The fraction of sp³-hybridized carbons (Fsp3) is 0.120. The third kappa shape index (κ3) is 4.32. The van der Waals surface area contributed by atoms with E-state index in [-0.39, 0.29) is 11.1 Å². The molecule has 1 aliphatic heterocycles. The summed E-state index contributed by atoms with van der Waals surface area (Å²) in [6, 6.07) is 15.3. The Hall–Kier alpha value is -3.35. The van der Waals surface area contributed by atoms with Gasteiger partial charge in [0.1, 0.15) is 17.3 Å². The Morgan fingerprint density at radius 1 is 1.03 bits per heavy atom. The van der Waals surface area contributed by atoms with Crippen molar-refractivity contribution in [2.24, 2.45) is 0 Å². The minimum atomic E-state index is -0.988. The molecule has 1 unspecified atom stereocenters. The van der Waals surface area contributed by atoms with Gasteiger partial charge < -0.3 is 9.84 Å². The number of anilines is 1. The van der Waals surface area contributed by atoms with E-state index in [0.29, 0.717) is 33.7 Å². The van der Waals surface area contributed by atoms with Gasteiger partial charge >= 0.3 is 0 Å². The second-order valence-corrected chi connectivity index (χ2v) is 8.12. The lowest BCUT2D eigenvalue weighted by atomic mass is 9.95. The Bertz CT molecular complexity index is 1260. The molecule has 33 heavy (non-hydrogen) atoms. The van der Waals surface area contributed by atoms with Gasteiger partial charge in [0.2, 0.25) is 0 Å². The number of amides is 1. The van der Waals surface area contributed by atoms with Crippen LogP contribution >= 0.6 is 23.2 Å². The van der Waals surface area contributed by atoms with Crippen LogP contribution in [0.2, 0.25) is 10.0 Å². The summed E-state index contributed by atoms with van der Waals surface area (Å²) in [6.45, 7) is 2.13. The van der Waals surface area contributed by atoms with Gasteiger partial charge in [-0.2, -0.15) is 0 Å². The maximum Gasteiger partial charge on any atom is 0.300 e. The van der Waals surface area contributed by atoms with E-state index in [0.717, 1.165) is 0 Å². The monoisotopic (exact) mass is 485 g/mol. The van der Waals surface area contributed by atoms with Crippen LogP contribution in [0.25, 0.3) is 5.76 Å². The van der Waals surface area contributed by atoms with E-state index in [1.807, 2.05) is 0 Å². The molecule has 4 rings (SSSR count). The largest absolute Gasteiger partial charge is 0.507 e. The lowest BCUT2D eigenvalue weighted by molar-refractivity contribution is -0.132. The SMILES string of the molecule is CCOc1cc(/C(O)=C2/C(=O)C(=O)N(c3ccc(Cl)cc3)C2c2ccc(F)cc2)ccc1Cl. The third-order valence-corrected chi connectivity index (χ3v) is 5.80. The topological polar surface area (TPSA) is 66.8 Å². The highest BCUT2D eigenvalue weighted by atomic mass is 35.5. The van der Waals surface area contributed by atoms with E-state index < -0.39 is 29.3 Å². The molecule has 0 radical (unpaired) electrons. The number of ketones is 1. The van der Waals surface area contributed by atoms with Crippen LogP contribution in [-0.2, 0) is 9.59 Å². The number of nitrogens with zero attached hydrogens (tertiary/aromatic N) is 1. The standard InChI is InChI=1S/C25H18Cl2FNO4/c1-2-33-20-13-15(5-12-19(20)27)23(30)21-22(14-3-8-17(28)9-4-14)29(25(32)24(21)31)18-10-6-16(26)7-11-18/h3-13,22,30H,2H2,1H3/b23-21-. The number of hydrogen-bond donors (Lipinski definition) is 1. The third-order valence-electron chi connectivity index (χ3n) is 5.24. The maximum absolute atomic E-state index is 13.6. The van der Waals surface area contributed by atoms with Gasteiger partial charge in [0.05, 0.1) is 23.2 Å². The first kappa shape index (κ1) is 22.8. The van der Waals surface area contributed by atoms with E-state index >= 15 is 0 Å². The predicted molar refractivity (Wildman–Crippen MR) is 125 cm³/mol. The van der Waals surface area contributed by atoms with E-state index in [1.54, 1.807) is 31.2 Å². The lowest BCUT2D eigenvalue weighted by Gasteiger charge is -2.25. The van der Waals surface area contributed by atoms with Crippen molar-refractivity contribution in [3.63, 3.8) is 0 Å². The summed E-state index contributed by atoms with van der Waals surface area (Å²) in [5.74, 6) is -2.23. The van der Waals surface area contributed by atoms with Crippen molar-refractivity contribution >= 4 is 46.3 Å². The highest BCUT2D eigenvalue weighted by molar-refractivity contribution is 6.51. The number of Topliss-reactive ketones (excluding diaryl/α,β-unsaturated/α-hetero) is 1. The van der Waals surface area contributed by atoms with Crippen molar-refractivity contribution < 1.29 is 23.8 Å². The zero-order valence-corrected chi connectivity index (χ0v) is 18.9. The van der Waals surface area contributed by atoms with E-state index in [9.17, 15) is 19.1 Å². The van der Waals surface area contributed by atoms with Crippen molar-refractivity contribution in [1.82, 2.24) is 0 Å². The molecular formula is C25H18Cl2FNO4. The number of aliphatic hydroxyl groups is 1. The second kappa shape index (κ2) is 9.25. The van der Waals surface area contributed by atoms with E-state index in [1.165, 1.54) is 47.4 Å². The van der Waals surface area contributed by atoms with Crippen LogP contribution in [0.3, 0.4) is 0 Å². The Balaban J connectivity index is 1.92. The predicted octanol–water partition coefficient (Wildman–Crippen LogP) is 6.16. The molecule has 1 saturated heterocycles. The Labute approximate surface area is 199 Å². The molecule has 0 saturated carbocycles. The number of hydrogen-bond acceptors (Lipinski definition) is 4. The summed E-state index contributed by atoms with van der Waals surface area (Å²) in [7, 11) is 0. The molecular weight excluding hydrogens is 468 g/mol. The molecule has 1 N–H and O–H groups in total. The molecule has 0 aliphatic carbocycles. The van der Waals surface area contributed by atoms with Gasteiger partial charge in [0.15, 0.2) is 0 Å². The van der Waals surface area contributed by atoms with Crippen LogP contribution in [0, 0.1) is 5.82 Å². The molecule has 1 fully saturated rings. The van der Waals surface area contributed by atoms with Gasteiger partial charge in [-0.3, -0.25) is 14.5 Å². The minimum absolute atomic E-state index is 0.133. The van der Waals surface area contributed by atoms with Crippen molar-refractivity contribution in [2.45, 2.75) is 13.0 Å². The van der Waals surface area contributed by atoms with Crippen LogP contribution < -0.4 is 9.64 Å². The van der Waals surface area contributed by atoms with Crippen LogP contribution in [0.5, 0.6) is 5.75 Å². The van der Waals surface area contributed by atoms with Gasteiger partial charge in [-0.1, -0.05) is 35.3 Å². The fourth-order valence-corrected chi connectivity index (χ4v) is 4.03. The number of carbonyl (C=O) groups is 2. The van der Waals surface area contributed by atoms with Crippen LogP contribution in [-0.4, -0.2) is 23.4 Å². The minimum Gasteiger partial charge on any atom is -0.507 e. The quantitative estimate of drug-likeness (QED) is 0.267. The number of halogens is 3. The van der Waals surface area contributed by atoms with Gasteiger partial charge in [-0.15, -0.1) is 0 Å². The van der Waals surface area contributed by atoms with Crippen molar-refractivity contribution in [3.8, 4) is 5.75 Å². The average Bonchev–Trinajstić information content (AvgIpc) is 3.06. The Kier molecular flexibility index (Phi) is 6.40. The van der Waals surface area contributed by atoms with E-state index in [4.69, 9.17) is 27.9 Å². The first-order valence-electron chi connectivity index (χ1n) is 10.1. The van der Waals surface area contributed by atoms with Crippen LogP contribution in [0.1, 0.15) is 24.1 Å². The number of aliphatic hydroxyl groups excluding tert-OH is 1. The number of benzene rings is 3. The summed E-state index contributed by atoms with van der Waals surface area (Å²) in [6.07, 6.45) is 0. The Morgan fingerprint density at radius 3 is 2.33 bits per heavy atom. The number of rotatable bonds is 5. The van der Waals surface area contributed by atoms with Gasteiger partial charge in [0.25, 0.3) is 11.7 Å². The van der Waals surface area contributed by atoms with Crippen LogP contribution in [0.4, 0.5) is 10.1 Å². The van der Waals surface area contributed by atoms with Crippen molar-refractivity contribution in [3.05, 3.63) is 99.3 Å². The summed E-state index contributed by atoms with van der Waals surface area (Å²) in [5, 5.41) is 12.0. The molecule has 0 spiro atoms. The Morgan fingerprint density at radius 2 is 1.70 bits per heavy atom. The maximum atomic E-state index is 13.6. The fourth-order valence-electron chi connectivity index (χ4n) is 3.73. The molecule has 3 aromatic carbocycles. The van der Waals surface area contributed by atoms with Crippen LogP contribution in [0.15, 0.2) is 72.3 Å². The molecule has 0 bridgehead atoms. The highest BCUT2D eigenvalue weighted by Gasteiger charge is 2.47. The molecule has 168 valence electrons. The zero-order valence-electron chi connectivity index (χ0n) is 17.4. The van der Waals surface area contributed by atoms with Gasteiger partial charge in [-0.05, 0) is 67.1 Å². The molecule has 1 atom stereocenters. The molecule has 1 aliphatic rings. The molecule has 5 nitrogen and oxygen atoms in total. The molecule has 3 aromatic rings. The average molecular weight is 486 g/mol. The highest BCUT2D eigenvalue weighted by Crippen LogP contribution is 2.43. The number of ether oxygens (including phenoxy) is 1. The van der Waals surface area contributed by atoms with Crippen molar-refractivity contribution in [1.29, 1.82) is 0 Å². The summed E-state index contributed by atoms with van der Waals surface area (Å²) in [5.41, 5.74) is 0.975. The van der Waals surface area contributed by atoms with E-state index in [2.05, 4.69) is 0 Å². The van der Waals surface area contributed by atoms with Crippen molar-refractivity contribution in [2.75, 3.05) is 11.5 Å². The molecule has 1 heterocycles. The number of carbonyl (C=O) groups excluding carboxylic acids is 2. The zero-order chi connectivity index (χ0) is 23.7. The van der Waals surface area contributed by atoms with Gasteiger partial charge in [-0.25, -0.2) is 4.39 Å². The second-order valence-electron chi connectivity index (χ2n) is 7.28. The first-order chi connectivity index (χ1) is 15.8. The normalized spacial score (nSPS) is 17.5. The molecule has 1 amide bonds. The summed E-state index contributed by atoms with van der Waals surface area (Å²) < 4.78 is 19.1. The smallest absolute Gasteiger partial charge is 0.300 e. The lowest BCUT2D eigenvalue weighted by Crippen LogP contribution is -2.29. The molecule has 8 heteroatoms. The summed E-state index contributed by atoms with van der Waals surface area (Å²) >= 11 is 12.1.